The molecule has 8 heteroatoms. The molecule has 7 nitrogen and oxygen atoms in total. The Morgan fingerprint density at radius 3 is 2.79 bits per heavy atom. The van der Waals surface area contributed by atoms with Crippen LogP contribution in [-0.2, 0) is 29.1 Å². The van der Waals surface area contributed by atoms with Crippen LogP contribution in [0.1, 0.15) is 24.6 Å². The summed E-state index contributed by atoms with van der Waals surface area (Å²) in [5.41, 5.74) is 1.62. The summed E-state index contributed by atoms with van der Waals surface area (Å²) in [6, 6.07) is 7.85. The highest BCUT2D eigenvalue weighted by atomic mass is 79.9. The molecule has 0 fully saturated rings. The first-order chi connectivity index (χ1) is 11.5. The standard InChI is InChI=1S/C16H19BrN4O3/c1-2-11(7-12-5-3-4-6-14(12)17)16(24)18-8-13-9-21(20-19-13)10-15(22)23/h3-6,9,11H,2,7-8,10H2,1H3,(H,18,24)(H,22,23). The highest BCUT2D eigenvalue weighted by Crippen LogP contribution is 2.21. The number of aliphatic carboxylic acids is 1. The van der Waals surface area contributed by atoms with Crippen molar-refractivity contribution in [2.45, 2.75) is 32.9 Å². The van der Waals surface area contributed by atoms with Crippen molar-refractivity contribution in [2.75, 3.05) is 0 Å². The van der Waals surface area contributed by atoms with E-state index in [2.05, 4.69) is 31.6 Å². The summed E-state index contributed by atoms with van der Waals surface area (Å²) in [7, 11) is 0. The van der Waals surface area contributed by atoms with Gasteiger partial charge in [-0.1, -0.05) is 46.3 Å². The van der Waals surface area contributed by atoms with E-state index in [0.29, 0.717) is 12.1 Å². The Balaban J connectivity index is 1.91. The summed E-state index contributed by atoms with van der Waals surface area (Å²) in [4.78, 5) is 23.0. The molecule has 24 heavy (non-hydrogen) atoms. The van der Waals surface area contributed by atoms with Crippen LogP contribution in [0.2, 0.25) is 0 Å². The van der Waals surface area contributed by atoms with Crippen LogP contribution in [0, 0.1) is 5.92 Å². The van der Waals surface area contributed by atoms with Crippen molar-refractivity contribution >= 4 is 27.8 Å². The van der Waals surface area contributed by atoms with E-state index in [4.69, 9.17) is 5.11 Å². The summed E-state index contributed by atoms with van der Waals surface area (Å²) in [5.74, 6) is -1.19. The lowest BCUT2D eigenvalue weighted by Gasteiger charge is -2.15. The number of nitrogens with one attached hydrogen (secondary N) is 1. The van der Waals surface area contributed by atoms with Crippen LogP contribution in [0.5, 0.6) is 0 Å². The number of benzene rings is 1. The van der Waals surface area contributed by atoms with Gasteiger partial charge in [0.05, 0.1) is 12.7 Å². The molecule has 2 rings (SSSR count). The minimum atomic E-state index is -0.991. The first-order valence-corrected chi connectivity index (χ1v) is 8.40. The van der Waals surface area contributed by atoms with Gasteiger partial charge in [0.15, 0.2) is 0 Å². The molecule has 128 valence electrons. The molecule has 2 aromatic rings. The molecule has 0 spiro atoms. The summed E-state index contributed by atoms with van der Waals surface area (Å²) in [6.45, 7) is 1.95. The van der Waals surface area contributed by atoms with Gasteiger partial charge in [-0.3, -0.25) is 9.59 Å². The van der Waals surface area contributed by atoms with Gasteiger partial charge in [-0.2, -0.15) is 0 Å². The molecule has 1 amide bonds. The number of hydrogen-bond donors (Lipinski definition) is 2. The maximum absolute atomic E-state index is 12.4. The van der Waals surface area contributed by atoms with E-state index in [1.165, 1.54) is 10.9 Å². The summed E-state index contributed by atoms with van der Waals surface area (Å²) in [6.07, 6.45) is 2.89. The van der Waals surface area contributed by atoms with E-state index >= 15 is 0 Å². The number of nitrogens with zero attached hydrogens (tertiary/aromatic N) is 3. The number of hydrogen-bond acceptors (Lipinski definition) is 4. The van der Waals surface area contributed by atoms with Gasteiger partial charge in [-0.25, -0.2) is 4.68 Å². The lowest BCUT2D eigenvalue weighted by molar-refractivity contribution is -0.138. The zero-order chi connectivity index (χ0) is 17.5. The van der Waals surface area contributed by atoms with E-state index in [1.54, 1.807) is 0 Å². The topological polar surface area (TPSA) is 97.1 Å². The number of aromatic nitrogens is 3. The van der Waals surface area contributed by atoms with Crippen molar-refractivity contribution in [1.82, 2.24) is 20.3 Å². The van der Waals surface area contributed by atoms with Gasteiger partial charge in [-0.15, -0.1) is 5.10 Å². The molecule has 0 saturated heterocycles. The second-order valence-electron chi connectivity index (χ2n) is 5.42. The van der Waals surface area contributed by atoms with Gasteiger partial charge in [0.25, 0.3) is 0 Å². The molecule has 1 aromatic heterocycles. The van der Waals surface area contributed by atoms with Crippen molar-refractivity contribution in [1.29, 1.82) is 0 Å². The molecule has 0 saturated carbocycles. The summed E-state index contributed by atoms with van der Waals surface area (Å²) < 4.78 is 2.22. The fourth-order valence-corrected chi connectivity index (χ4v) is 2.76. The third kappa shape index (κ3) is 5.16. The van der Waals surface area contributed by atoms with E-state index in [-0.39, 0.29) is 24.9 Å². The normalized spacial score (nSPS) is 11.9. The predicted octanol–water partition coefficient (Wildman–Crippen LogP) is 2.01. The van der Waals surface area contributed by atoms with Gasteiger partial charge in [0.1, 0.15) is 12.2 Å². The van der Waals surface area contributed by atoms with Gasteiger partial charge < -0.3 is 10.4 Å². The number of amides is 1. The number of rotatable bonds is 8. The zero-order valence-electron chi connectivity index (χ0n) is 13.3. The molecule has 1 atom stereocenters. The number of halogens is 1. The highest BCUT2D eigenvalue weighted by Gasteiger charge is 2.18. The molecule has 0 bridgehead atoms. The Morgan fingerprint density at radius 1 is 1.38 bits per heavy atom. The maximum atomic E-state index is 12.4. The fourth-order valence-electron chi connectivity index (χ4n) is 2.31. The molecule has 1 aromatic carbocycles. The zero-order valence-corrected chi connectivity index (χ0v) is 14.9. The average Bonchev–Trinajstić information content (AvgIpc) is 2.98. The van der Waals surface area contributed by atoms with Crippen molar-refractivity contribution in [2.24, 2.45) is 5.92 Å². The minimum absolute atomic E-state index is 0.0546. The molecule has 1 heterocycles. The molecule has 2 N–H and O–H groups in total. The van der Waals surface area contributed by atoms with Crippen LogP contribution in [-0.4, -0.2) is 32.0 Å². The number of carboxylic acid groups (broad SMARTS) is 1. The largest absolute Gasteiger partial charge is 0.480 e. The number of carbonyl (C=O) groups is 2. The first-order valence-electron chi connectivity index (χ1n) is 7.61. The smallest absolute Gasteiger partial charge is 0.325 e. The van der Waals surface area contributed by atoms with Gasteiger partial charge in [0, 0.05) is 10.4 Å². The fraction of sp³-hybridized carbons (Fsp3) is 0.375. The molecular weight excluding hydrogens is 376 g/mol. The van der Waals surface area contributed by atoms with Crippen molar-refractivity contribution < 1.29 is 14.7 Å². The quantitative estimate of drug-likeness (QED) is 0.713. The second-order valence-corrected chi connectivity index (χ2v) is 6.27. The Kier molecular flexibility index (Phi) is 6.48. The van der Waals surface area contributed by atoms with E-state index in [1.807, 2.05) is 31.2 Å². The Hall–Kier alpha value is -2.22. The Labute approximate surface area is 148 Å². The number of carboxylic acids is 1. The van der Waals surface area contributed by atoms with E-state index < -0.39 is 5.97 Å². The second kappa shape index (κ2) is 8.58. The van der Waals surface area contributed by atoms with Crippen molar-refractivity contribution in [3.8, 4) is 0 Å². The third-order valence-electron chi connectivity index (χ3n) is 3.61. The summed E-state index contributed by atoms with van der Waals surface area (Å²) >= 11 is 3.50. The highest BCUT2D eigenvalue weighted by molar-refractivity contribution is 9.10. The van der Waals surface area contributed by atoms with Crippen LogP contribution in [0.4, 0.5) is 0 Å². The number of carbonyl (C=O) groups excluding carboxylic acids is 1. The monoisotopic (exact) mass is 394 g/mol. The van der Waals surface area contributed by atoms with Crippen LogP contribution in [0.15, 0.2) is 34.9 Å². The van der Waals surface area contributed by atoms with Crippen molar-refractivity contribution in [3.05, 3.63) is 46.2 Å². The molecular formula is C16H19BrN4O3. The Morgan fingerprint density at radius 2 is 2.12 bits per heavy atom. The van der Waals surface area contributed by atoms with Crippen LogP contribution >= 0.6 is 15.9 Å². The lowest BCUT2D eigenvalue weighted by Crippen LogP contribution is -2.31. The average molecular weight is 395 g/mol. The molecule has 0 aliphatic carbocycles. The molecule has 1 unspecified atom stereocenters. The van der Waals surface area contributed by atoms with Crippen LogP contribution in [0.25, 0.3) is 0 Å². The van der Waals surface area contributed by atoms with Gasteiger partial charge in [-0.05, 0) is 24.5 Å². The van der Waals surface area contributed by atoms with E-state index in [0.717, 1.165) is 16.5 Å². The SMILES string of the molecule is CCC(Cc1ccccc1Br)C(=O)NCc1cn(CC(=O)O)nn1. The summed E-state index contributed by atoms with van der Waals surface area (Å²) in [5, 5.41) is 19.1. The molecule has 0 aliphatic heterocycles. The predicted molar refractivity (Wildman–Crippen MR) is 91.1 cm³/mol. The van der Waals surface area contributed by atoms with Gasteiger partial charge in [0.2, 0.25) is 5.91 Å². The Bertz CT molecular complexity index is 717. The van der Waals surface area contributed by atoms with Gasteiger partial charge >= 0.3 is 5.97 Å². The maximum Gasteiger partial charge on any atom is 0.325 e. The molecule has 0 radical (unpaired) electrons. The van der Waals surface area contributed by atoms with Crippen molar-refractivity contribution in [3.63, 3.8) is 0 Å². The van der Waals surface area contributed by atoms with Crippen LogP contribution in [0.3, 0.4) is 0 Å². The minimum Gasteiger partial charge on any atom is -0.480 e. The first kappa shape index (κ1) is 18.1. The third-order valence-corrected chi connectivity index (χ3v) is 4.39. The molecule has 0 aliphatic rings. The van der Waals surface area contributed by atoms with E-state index in [9.17, 15) is 9.59 Å². The lowest BCUT2D eigenvalue weighted by atomic mass is 9.96. The van der Waals surface area contributed by atoms with Crippen LogP contribution < -0.4 is 5.32 Å².